The van der Waals surface area contributed by atoms with Gasteiger partial charge in [-0.05, 0) is 30.7 Å². The van der Waals surface area contributed by atoms with Gasteiger partial charge in [-0.2, -0.15) is 13.2 Å². The topological polar surface area (TPSA) is 48.1 Å². The maximum absolute atomic E-state index is 14.0. The standard InChI is InChI=1S/C16H13F5N2O/c17-8-1-2-12(18)11(7-8)9-3-5-23-14(13(9)22)10-4-6-24-15(10)16(19,20)21/h1-3,5,7,10,15H,4,6,22H2/t10-,15+/m0/s1. The SMILES string of the molecule is Nc1c(-c2cc(F)ccc2F)ccnc1[C@@H]1CCO[C@H]1C(F)(F)F. The van der Waals surface area contributed by atoms with Crippen LogP contribution in [0.2, 0.25) is 0 Å². The van der Waals surface area contributed by atoms with E-state index in [2.05, 4.69) is 4.98 Å². The Labute approximate surface area is 134 Å². The van der Waals surface area contributed by atoms with Crippen molar-refractivity contribution in [1.82, 2.24) is 4.98 Å². The number of nitrogens with two attached hydrogens (primary N) is 1. The second-order valence-electron chi connectivity index (χ2n) is 5.51. The number of ether oxygens (including phenoxy) is 1. The van der Waals surface area contributed by atoms with Crippen LogP contribution in [0.1, 0.15) is 18.0 Å². The minimum atomic E-state index is -4.56. The molecule has 3 nitrogen and oxygen atoms in total. The summed E-state index contributed by atoms with van der Waals surface area (Å²) in [4.78, 5) is 3.94. The lowest BCUT2D eigenvalue weighted by Gasteiger charge is -2.22. The molecular formula is C16H13F5N2O. The van der Waals surface area contributed by atoms with Crippen molar-refractivity contribution >= 4 is 5.69 Å². The second kappa shape index (κ2) is 6.01. The summed E-state index contributed by atoms with van der Waals surface area (Å²) in [5.74, 6) is -2.49. The van der Waals surface area contributed by atoms with Gasteiger partial charge in [0.2, 0.25) is 0 Å². The molecule has 3 rings (SSSR count). The molecule has 1 aliphatic heterocycles. The molecule has 0 radical (unpaired) electrons. The van der Waals surface area contributed by atoms with Gasteiger partial charge in [0.05, 0.1) is 11.4 Å². The first kappa shape index (κ1) is 16.6. The van der Waals surface area contributed by atoms with E-state index in [0.717, 1.165) is 18.2 Å². The highest BCUT2D eigenvalue weighted by atomic mass is 19.4. The fourth-order valence-electron chi connectivity index (χ4n) is 2.92. The summed E-state index contributed by atoms with van der Waals surface area (Å²) in [6.45, 7) is -0.0749. The summed E-state index contributed by atoms with van der Waals surface area (Å²) >= 11 is 0. The molecule has 2 atom stereocenters. The predicted molar refractivity (Wildman–Crippen MR) is 77.2 cm³/mol. The van der Waals surface area contributed by atoms with Gasteiger partial charge >= 0.3 is 6.18 Å². The molecule has 0 unspecified atom stereocenters. The van der Waals surface area contributed by atoms with Crippen LogP contribution in [0.4, 0.5) is 27.6 Å². The van der Waals surface area contributed by atoms with Crippen molar-refractivity contribution < 1.29 is 26.7 Å². The van der Waals surface area contributed by atoms with E-state index in [9.17, 15) is 22.0 Å². The average Bonchev–Trinajstić information content (AvgIpc) is 3.00. The Morgan fingerprint density at radius 2 is 1.88 bits per heavy atom. The molecule has 0 saturated carbocycles. The van der Waals surface area contributed by atoms with E-state index >= 15 is 0 Å². The maximum atomic E-state index is 14.0. The molecule has 8 heteroatoms. The van der Waals surface area contributed by atoms with E-state index in [1.54, 1.807) is 0 Å². The van der Waals surface area contributed by atoms with Gasteiger partial charge in [-0.25, -0.2) is 8.78 Å². The Kier molecular flexibility index (Phi) is 4.16. The van der Waals surface area contributed by atoms with Gasteiger partial charge < -0.3 is 10.5 Å². The summed E-state index contributed by atoms with van der Waals surface area (Å²) in [5.41, 5.74) is 5.80. The Balaban J connectivity index is 2.08. The van der Waals surface area contributed by atoms with Crippen molar-refractivity contribution in [1.29, 1.82) is 0 Å². The van der Waals surface area contributed by atoms with Crippen LogP contribution in [-0.2, 0) is 4.74 Å². The molecule has 1 aromatic heterocycles. The number of alkyl halides is 3. The lowest BCUT2D eigenvalue weighted by molar-refractivity contribution is -0.210. The van der Waals surface area contributed by atoms with Gasteiger partial charge in [-0.1, -0.05) is 0 Å². The summed E-state index contributed by atoms with van der Waals surface area (Å²) in [5, 5.41) is 0. The van der Waals surface area contributed by atoms with Crippen LogP contribution < -0.4 is 5.73 Å². The zero-order valence-corrected chi connectivity index (χ0v) is 12.3. The highest BCUT2D eigenvalue weighted by Gasteiger charge is 2.50. The Hall–Kier alpha value is -2.22. The monoisotopic (exact) mass is 344 g/mol. The molecule has 1 aromatic carbocycles. The van der Waals surface area contributed by atoms with Crippen LogP contribution >= 0.6 is 0 Å². The first-order valence-electron chi connectivity index (χ1n) is 7.17. The summed E-state index contributed by atoms with van der Waals surface area (Å²) < 4.78 is 71.3. The quantitative estimate of drug-likeness (QED) is 0.837. The number of nitrogen functional groups attached to an aromatic ring is 1. The van der Waals surface area contributed by atoms with Crippen LogP contribution in [0.25, 0.3) is 11.1 Å². The first-order valence-corrected chi connectivity index (χ1v) is 7.17. The normalized spacial score (nSPS) is 21.2. The maximum Gasteiger partial charge on any atom is 0.415 e. The summed E-state index contributed by atoms with van der Waals surface area (Å²) in [6.07, 6.45) is -5.25. The largest absolute Gasteiger partial charge is 0.415 e. The van der Waals surface area contributed by atoms with Crippen molar-refractivity contribution in [3.63, 3.8) is 0 Å². The van der Waals surface area contributed by atoms with Crippen LogP contribution in [0.3, 0.4) is 0 Å². The molecule has 1 fully saturated rings. The third-order valence-electron chi connectivity index (χ3n) is 4.01. The molecule has 2 heterocycles. The predicted octanol–water partition coefficient (Wildman–Crippen LogP) is 4.04. The average molecular weight is 344 g/mol. The highest BCUT2D eigenvalue weighted by Crippen LogP contribution is 2.43. The van der Waals surface area contributed by atoms with Crippen LogP contribution in [0.5, 0.6) is 0 Å². The molecule has 0 aliphatic carbocycles. The van der Waals surface area contributed by atoms with Gasteiger partial charge in [-0.15, -0.1) is 0 Å². The number of nitrogens with zero attached hydrogens (tertiary/aromatic N) is 1. The number of pyridine rings is 1. The molecule has 1 aliphatic rings. The van der Waals surface area contributed by atoms with E-state index in [1.807, 2.05) is 0 Å². The van der Waals surface area contributed by atoms with E-state index in [4.69, 9.17) is 10.5 Å². The lowest BCUT2D eigenvalue weighted by Crippen LogP contribution is -2.33. The molecule has 0 bridgehead atoms. The van der Waals surface area contributed by atoms with Crippen molar-refractivity contribution in [2.75, 3.05) is 12.3 Å². The number of rotatable bonds is 2. The van der Waals surface area contributed by atoms with Crippen LogP contribution in [0.15, 0.2) is 30.5 Å². The van der Waals surface area contributed by atoms with Crippen LogP contribution in [-0.4, -0.2) is 23.9 Å². The number of hydrogen-bond acceptors (Lipinski definition) is 3. The van der Waals surface area contributed by atoms with Crippen molar-refractivity contribution in [2.24, 2.45) is 0 Å². The Morgan fingerprint density at radius 1 is 1.12 bits per heavy atom. The molecule has 0 amide bonds. The van der Waals surface area contributed by atoms with E-state index in [0.29, 0.717) is 0 Å². The number of anilines is 1. The zero-order chi connectivity index (χ0) is 17.5. The second-order valence-corrected chi connectivity index (χ2v) is 5.51. The first-order chi connectivity index (χ1) is 11.3. The van der Waals surface area contributed by atoms with E-state index in [-0.39, 0.29) is 35.5 Å². The van der Waals surface area contributed by atoms with Crippen LogP contribution in [0, 0.1) is 11.6 Å². The smallest absolute Gasteiger partial charge is 0.397 e. The van der Waals surface area contributed by atoms with E-state index < -0.39 is 29.8 Å². The molecule has 1 saturated heterocycles. The van der Waals surface area contributed by atoms with Gasteiger partial charge in [0.1, 0.15) is 11.6 Å². The molecule has 0 spiro atoms. The molecule has 24 heavy (non-hydrogen) atoms. The minimum absolute atomic E-state index is 0.0176. The number of benzene rings is 1. The van der Waals surface area contributed by atoms with Crippen molar-refractivity contribution in [3.05, 3.63) is 47.8 Å². The zero-order valence-electron chi connectivity index (χ0n) is 12.3. The molecule has 128 valence electrons. The van der Waals surface area contributed by atoms with Gasteiger partial charge in [0, 0.05) is 29.8 Å². The molecule has 2 N–H and O–H groups in total. The summed E-state index contributed by atoms with van der Waals surface area (Å²) in [7, 11) is 0. The van der Waals surface area contributed by atoms with Crippen molar-refractivity contribution in [2.45, 2.75) is 24.6 Å². The highest BCUT2D eigenvalue weighted by molar-refractivity contribution is 5.78. The fraction of sp³-hybridized carbons (Fsp3) is 0.312. The lowest BCUT2D eigenvalue weighted by atomic mass is 9.92. The third-order valence-corrected chi connectivity index (χ3v) is 4.01. The van der Waals surface area contributed by atoms with Crippen molar-refractivity contribution in [3.8, 4) is 11.1 Å². The van der Waals surface area contributed by atoms with E-state index in [1.165, 1.54) is 12.3 Å². The minimum Gasteiger partial charge on any atom is -0.397 e. The fourth-order valence-corrected chi connectivity index (χ4v) is 2.92. The van der Waals surface area contributed by atoms with Gasteiger partial charge in [0.15, 0.2) is 6.10 Å². The van der Waals surface area contributed by atoms with Gasteiger partial charge in [-0.3, -0.25) is 4.98 Å². The molecular weight excluding hydrogens is 331 g/mol. The van der Waals surface area contributed by atoms with Gasteiger partial charge in [0.25, 0.3) is 0 Å². The molecule has 2 aromatic rings. The number of hydrogen-bond donors (Lipinski definition) is 1. The Morgan fingerprint density at radius 3 is 2.58 bits per heavy atom. The number of aromatic nitrogens is 1. The summed E-state index contributed by atoms with van der Waals surface area (Å²) in [6, 6.07) is 4.16. The Bertz CT molecular complexity index is 763. The third kappa shape index (κ3) is 2.93. The number of halogens is 5.